The Labute approximate surface area is 124 Å². The van der Waals surface area contributed by atoms with Crippen molar-refractivity contribution >= 4 is 23.5 Å². The number of benzene rings is 1. The van der Waals surface area contributed by atoms with Crippen LogP contribution in [0.1, 0.15) is 37.6 Å². The first kappa shape index (κ1) is 16.5. The largest absolute Gasteiger partial charge is 0.466 e. The first-order valence-electron chi connectivity index (χ1n) is 6.67. The van der Waals surface area contributed by atoms with Crippen molar-refractivity contribution in [3.05, 3.63) is 34.9 Å². The molecule has 0 saturated heterocycles. The summed E-state index contributed by atoms with van der Waals surface area (Å²) in [4.78, 5) is 25.4. The molecule has 0 saturated carbocycles. The molecular formula is C15H20ClNO3. The van der Waals surface area contributed by atoms with Gasteiger partial charge in [0, 0.05) is 23.2 Å². The maximum atomic E-state index is 12.4. The Bertz CT molecular complexity index is 457. The van der Waals surface area contributed by atoms with Crippen LogP contribution in [0.5, 0.6) is 0 Å². The quantitative estimate of drug-likeness (QED) is 0.758. The van der Waals surface area contributed by atoms with Gasteiger partial charge in [0.25, 0.3) is 5.91 Å². The zero-order valence-corrected chi connectivity index (χ0v) is 12.8. The van der Waals surface area contributed by atoms with Crippen molar-refractivity contribution in [2.45, 2.75) is 33.2 Å². The minimum absolute atomic E-state index is 0.00704. The standard InChI is InChI=1S/C15H20ClNO3/c1-4-20-14(18)9-10-17(11(2)3)15(19)12-5-7-13(16)8-6-12/h5-8,11H,4,9-10H2,1-3H3. The first-order chi connectivity index (χ1) is 9.45. The fourth-order valence-electron chi connectivity index (χ4n) is 1.80. The maximum absolute atomic E-state index is 12.4. The third-order valence-electron chi connectivity index (χ3n) is 2.84. The second-order valence-electron chi connectivity index (χ2n) is 4.65. The van der Waals surface area contributed by atoms with Crippen LogP contribution in [0.3, 0.4) is 0 Å². The molecule has 0 unspecified atom stereocenters. The summed E-state index contributed by atoms with van der Waals surface area (Å²) in [5, 5.41) is 0.587. The number of hydrogen-bond acceptors (Lipinski definition) is 3. The molecule has 0 aromatic heterocycles. The lowest BCUT2D eigenvalue weighted by Crippen LogP contribution is -2.38. The highest BCUT2D eigenvalue weighted by atomic mass is 35.5. The average Bonchev–Trinajstić information content (AvgIpc) is 2.39. The minimum Gasteiger partial charge on any atom is -0.466 e. The van der Waals surface area contributed by atoms with Crippen molar-refractivity contribution in [3.63, 3.8) is 0 Å². The topological polar surface area (TPSA) is 46.6 Å². The van der Waals surface area contributed by atoms with Crippen LogP contribution in [0.15, 0.2) is 24.3 Å². The van der Waals surface area contributed by atoms with E-state index >= 15 is 0 Å². The summed E-state index contributed by atoms with van der Waals surface area (Å²) in [6.07, 6.45) is 0.200. The van der Waals surface area contributed by atoms with E-state index in [9.17, 15) is 9.59 Å². The molecule has 0 aliphatic carbocycles. The summed E-state index contributed by atoms with van der Waals surface area (Å²) in [7, 11) is 0. The monoisotopic (exact) mass is 297 g/mol. The molecule has 0 N–H and O–H groups in total. The summed E-state index contributed by atoms with van der Waals surface area (Å²) in [5.41, 5.74) is 0.562. The Morgan fingerprint density at radius 2 is 1.85 bits per heavy atom. The van der Waals surface area contributed by atoms with E-state index in [4.69, 9.17) is 16.3 Å². The van der Waals surface area contributed by atoms with Gasteiger partial charge in [-0.15, -0.1) is 0 Å². The number of esters is 1. The molecule has 0 radical (unpaired) electrons. The number of rotatable bonds is 6. The van der Waals surface area contributed by atoms with Crippen LogP contribution in [0, 0.1) is 0 Å². The van der Waals surface area contributed by atoms with Crippen LogP contribution >= 0.6 is 11.6 Å². The molecule has 0 fully saturated rings. The van der Waals surface area contributed by atoms with E-state index in [-0.39, 0.29) is 24.3 Å². The lowest BCUT2D eigenvalue weighted by atomic mass is 10.1. The van der Waals surface area contributed by atoms with Gasteiger partial charge in [-0.1, -0.05) is 11.6 Å². The lowest BCUT2D eigenvalue weighted by Gasteiger charge is -2.26. The second-order valence-corrected chi connectivity index (χ2v) is 5.09. The van der Waals surface area contributed by atoms with Gasteiger partial charge < -0.3 is 9.64 Å². The van der Waals surface area contributed by atoms with Gasteiger partial charge in [-0.2, -0.15) is 0 Å². The highest BCUT2D eigenvalue weighted by molar-refractivity contribution is 6.30. The molecule has 20 heavy (non-hydrogen) atoms. The normalized spacial score (nSPS) is 10.4. The molecule has 1 amide bonds. The highest BCUT2D eigenvalue weighted by Crippen LogP contribution is 2.13. The van der Waals surface area contributed by atoms with Gasteiger partial charge in [-0.05, 0) is 45.0 Å². The fourth-order valence-corrected chi connectivity index (χ4v) is 1.92. The summed E-state index contributed by atoms with van der Waals surface area (Å²) >= 11 is 5.81. The van der Waals surface area contributed by atoms with Crippen LogP contribution in [0.4, 0.5) is 0 Å². The van der Waals surface area contributed by atoms with Gasteiger partial charge in [0.1, 0.15) is 0 Å². The third kappa shape index (κ3) is 4.85. The predicted octanol–water partition coefficient (Wildman–Crippen LogP) is 3.14. The van der Waals surface area contributed by atoms with Crippen molar-refractivity contribution < 1.29 is 14.3 Å². The van der Waals surface area contributed by atoms with Crippen LogP contribution in [-0.2, 0) is 9.53 Å². The van der Waals surface area contributed by atoms with Crippen molar-refractivity contribution in [1.29, 1.82) is 0 Å². The number of carbonyl (C=O) groups is 2. The maximum Gasteiger partial charge on any atom is 0.307 e. The Hall–Kier alpha value is -1.55. The molecule has 0 aliphatic rings. The van der Waals surface area contributed by atoms with Gasteiger partial charge in [0.05, 0.1) is 13.0 Å². The van der Waals surface area contributed by atoms with E-state index in [0.717, 1.165) is 0 Å². The Morgan fingerprint density at radius 1 is 1.25 bits per heavy atom. The number of nitrogens with zero attached hydrogens (tertiary/aromatic N) is 1. The smallest absolute Gasteiger partial charge is 0.307 e. The summed E-state index contributed by atoms with van der Waals surface area (Å²) in [6, 6.07) is 6.74. The molecule has 0 spiro atoms. The number of ether oxygens (including phenoxy) is 1. The van der Waals surface area contributed by atoms with Crippen molar-refractivity contribution in [1.82, 2.24) is 4.90 Å². The molecule has 4 nitrogen and oxygen atoms in total. The Balaban J connectivity index is 2.72. The van der Waals surface area contributed by atoms with E-state index in [0.29, 0.717) is 23.7 Å². The van der Waals surface area contributed by atoms with Gasteiger partial charge in [0.2, 0.25) is 0 Å². The predicted molar refractivity (Wildman–Crippen MR) is 78.9 cm³/mol. The fraction of sp³-hybridized carbons (Fsp3) is 0.467. The summed E-state index contributed by atoms with van der Waals surface area (Å²) < 4.78 is 4.88. The summed E-state index contributed by atoms with van der Waals surface area (Å²) in [5.74, 6) is -0.400. The molecular weight excluding hydrogens is 278 g/mol. The number of halogens is 1. The molecule has 0 aliphatic heterocycles. The van der Waals surface area contributed by atoms with Gasteiger partial charge >= 0.3 is 5.97 Å². The van der Waals surface area contributed by atoms with Gasteiger partial charge in [-0.3, -0.25) is 9.59 Å². The second kappa shape index (κ2) is 7.90. The van der Waals surface area contributed by atoms with E-state index in [2.05, 4.69) is 0 Å². The number of hydrogen-bond donors (Lipinski definition) is 0. The molecule has 5 heteroatoms. The highest BCUT2D eigenvalue weighted by Gasteiger charge is 2.19. The van der Waals surface area contributed by atoms with Crippen LogP contribution in [-0.4, -0.2) is 36.0 Å². The van der Waals surface area contributed by atoms with E-state index in [1.165, 1.54) is 0 Å². The zero-order valence-electron chi connectivity index (χ0n) is 12.1. The van der Waals surface area contributed by atoms with Crippen LogP contribution < -0.4 is 0 Å². The SMILES string of the molecule is CCOC(=O)CCN(C(=O)c1ccc(Cl)cc1)C(C)C. The molecule has 0 atom stereocenters. The molecule has 1 rings (SSSR count). The first-order valence-corrected chi connectivity index (χ1v) is 7.05. The molecule has 0 bridgehead atoms. The number of amides is 1. The Morgan fingerprint density at radius 3 is 2.35 bits per heavy atom. The minimum atomic E-state index is -0.290. The zero-order chi connectivity index (χ0) is 15.1. The molecule has 0 heterocycles. The van der Waals surface area contributed by atoms with E-state index in [1.54, 1.807) is 36.1 Å². The van der Waals surface area contributed by atoms with Gasteiger partial charge in [-0.25, -0.2) is 0 Å². The van der Waals surface area contributed by atoms with Crippen molar-refractivity contribution in [3.8, 4) is 0 Å². The Kier molecular flexibility index (Phi) is 6.52. The van der Waals surface area contributed by atoms with E-state index in [1.807, 2.05) is 13.8 Å². The van der Waals surface area contributed by atoms with E-state index < -0.39 is 0 Å². The van der Waals surface area contributed by atoms with Crippen LogP contribution in [0.25, 0.3) is 0 Å². The van der Waals surface area contributed by atoms with Gasteiger partial charge in [0.15, 0.2) is 0 Å². The van der Waals surface area contributed by atoms with Crippen molar-refractivity contribution in [2.75, 3.05) is 13.2 Å². The molecule has 1 aromatic rings. The van der Waals surface area contributed by atoms with Crippen LogP contribution in [0.2, 0.25) is 5.02 Å². The average molecular weight is 298 g/mol. The molecule has 110 valence electrons. The lowest BCUT2D eigenvalue weighted by molar-refractivity contribution is -0.143. The summed E-state index contributed by atoms with van der Waals surface area (Å²) in [6.45, 7) is 6.29. The van der Waals surface area contributed by atoms with Crippen molar-refractivity contribution in [2.24, 2.45) is 0 Å². The number of carbonyl (C=O) groups excluding carboxylic acids is 2. The molecule has 1 aromatic carbocycles. The third-order valence-corrected chi connectivity index (χ3v) is 3.09.